The van der Waals surface area contributed by atoms with Gasteiger partial charge >= 0.3 is 0 Å². The number of aromatic nitrogens is 1. The largest absolute Gasteiger partial charge is 0.381 e. The fraction of sp³-hybridized carbons (Fsp3) is 0.500. The lowest BCUT2D eigenvalue weighted by Gasteiger charge is -2.40. The first kappa shape index (κ1) is 13.4. The molecule has 0 bridgehead atoms. The predicted octanol–water partition coefficient (Wildman–Crippen LogP) is 4.86. The van der Waals surface area contributed by atoms with Gasteiger partial charge in [-0.2, -0.15) is 0 Å². The summed E-state index contributed by atoms with van der Waals surface area (Å²) in [6.45, 7) is 7.14. The number of nitrogens with one attached hydrogen (secondary N) is 1. The minimum absolute atomic E-state index is 0.499. The zero-order valence-corrected chi connectivity index (χ0v) is 12.7. The summed E-state index contributed by atoms with van der Waals surface area (Å²) in [4.78, 5) is 4.54. The van der Waals surface area contributed by atoms with Crippen molar-refractivity contribution in [1.82, 2.24) is 4.98 Å². The Labute approximate surface area is 121 Å². The molecule has 1 aromatic heterocycles. The zero-order chi connectivity index (χ0) is 14.2. The molecule has 2 nitrogen and oxygen atoms in total. The third kappa shape index (κ3) is 2.79. The van der Waals surface area contributed by atoms with Gasteiger partial charge in [0.1, 0.15) is 0 Å². The number of anilines is 1. The van der Waals surface area contributed by atoms with Gasteiger partial charge in [0.05, 0.1) is 17.4 Å². The number of benzene rings is 1. The summed E-state index contributed by atoms with van der Waals surface area (Å²) in [5.41, 5.74) is 2.72. The monoisotopic (exact) mass is 268 g/mol. The van der Waals surface area contributed by atoms with Crippen molar-refractivity contribution < 1.29 is 0 Å². The molecular formula is C18H24N2. The lowest BCUT2D eigenvalue weighted by molar-refractivity contribution is 0.177. The van der Waals surface area contributed by atoms with Crippen molar-refractivity contribution in [2.24, 2.45) is 11.3 Å². The van der Waals surface area contributed by atoms with Crippen LogP contribution in [0.25, 0.3) is 10.9 Å². The molecule has 0 aliphatic heterocycles. The number of nitrogens with zero attached hydrogens (tertiary/aromatic N) is 1. The first-order valence-electron chi connectivity index (χ1n) is 7.65. The van der Waals surface area contributed by atoms with Gasteiger partial charge in [0.25, 0.3) is 0 Å². The SMILES string of the molecule is CC1CC(C)(C)CCC1Nc1cnc2ccccc2c1. The van der Waals surface area contributed by atoms with E-state index in [0.29, 0.717) is 17.4 Å². The van der Waals surface area contributed by atoms with Gasteiger partial charge < -0.3 is 5.32 Å². The first-order chi connectivity index (χ1) is 9.53. The van der Waals surface area contributed by atoms with Crippen LogP contribution in [0.5, 0.6) is 0 Å². The summed E-state index contributed by atoms with van der Waals surface area (Å²) in [7, 11) is 0. The average Bonchev–Trinajstić information content (AvgIpc) is 2.41. The van der Waals surface area contributed by atoms with Crippen molar-refractivity contribution in [3.63, 3.8) is 0 Å². The van der Waals surface area contributed by atoms with Gasteiger partial charge in [0, 0.05) is 11.4 Å². The van der Waals surface area contributed by atoms with Crippen LogP contribution in [-0.4, -0.2) is 11.0 Å². The van der Waals surface area contributed by atoms with Gasteiger partial charge in [-0.05, 0) is 42.7 Å². The van der Waals surface area contributed by atoms with Gasteiger partial charge in [-0.15, -0.1) is 0 Å². The van der Waals surface area contributed by atoms with Crippen molar-refractivity contribution in [2.45, 2.75) is 46.1 Å². The molecule has 0 saturated heterocycles. The lowest BCUT2D eigenvalue weighted by Crippen LogP contribution is -2.36. The van der Waals surface area contributed by atoms with Gasteiger partial charge in [-0.1, -0.05) is 39.0 Å². The predicted molar refractivity (Wildman–Crippen MR) is 85.9 cm³/mol. The van der Waals surface area contributed by atoms with E-state index in [1.807, 2.05) is 12.3 Å². The van der Waals surface area contributed by atoms with Crippen LogP contribution in [0.2, 0.25) is 0 Å². The molecule has 2 aromatic rings. The number of fused-ring (bicyclic) bond motifs is 1. The third-order valence-corrected chi connectivity index (χ3v) is 4.64. The van der Waals surface area contributed by atoms with Crippen LogP contribution in [0.3, 0.4) is 0 Å². The van der Waals surface area contributed by atoms with Gasteiger partial charge in [0.15, 0.2) is 0 Å². The maximum absolute atomic E-state index is 4.54. The van der Waals surface area contributed by atoms with Crippen molar-refractivity contribution in [2.75, 3.05) is 5.32 Å². The fourth-order valence-corrected chi connectivity index (χ4v) is 3.53. The maximum Gasteiger partial charge on any atom is 0.0703 e. The van der Waals surface area contributed by atoms with E-state index in [4.69, 9.17) is 0 Å². The second-order valence-electron chi connectivity index (χ2n) is 7.05. The topological polar surface area (TPSA) is 24.9 Å². The second kappa shape index (κ2) is 5.08. The molecule has 1 saturated carbocycles. The Morgan fingerprint density at radius 3 is 2.85 bits per heavy atom. The molecule has 1 fully saturated rings. The summed E-state index contributed by atoms with van der Waals surface area (Å²) in [5.74, 6) is 0.713. The van der Waals surface area contributed by atoms with E-state index in [2.05, 4.69) is 55.3 Å². The number of pyridine rings is 1. The van der Waals surface area contributed by atoms with Crippen molar-refractivity contribution in [3.8, 4) is 0 Å². The number of hydrogen-bond donors (Lipinski definition) is 1. The minimum atomic E-state index is 0.499. The molecule has 20 heavy (non-hydrogen) atoms. The van der Waals surface area contributed by atoms with Crippen molar-refractivity contribution in [3.05, 3.63) is 36.5 Å². The molecule has 106 valence electrons. The van der Waals surface area contributed by atoms with E-state index in [0.717, 1.165) is 11.2 Å². The zero-order valence-electron chi connectivity index (χ0n) is 12.7. The highest BCUT2D eigenvalue weighted by atomic mass is 14.9. The van der Waals surface area contributed by atoms with E-state index in [1.165, 1.54) is 24.6 Å². The summed E-state index contributed by atoms with van der Waals surface area (Å²) < 4.78 is 0. The molecule has 2 unspecified atom stereocenters. The Morgan fingerprint density at radius 2 is 2.05 bits per heavy atom. The van der Waals surface area contributed by atoms with Crippen LogP contribution in [0.15, 0.2) is 36.5 Å². The van der Waals surface area contributed by atoms with Crippen LogP contribution in [0.4, 0.5) is 5.69 Å². The highest BCUT2D eigenvalue weighted by Gasteiger charge is 2.32. The molecule has 0 amide bonds. The number of hydrogen-bond acceptors (Lipinski definition) is 2. The smallest absolute Gasteiger partial charge is 0.0703 e. The summed E-state index contributed by atoms with van der Waals surface area (Å²) in [5, 5.41) is 4.91. The second-order valence-corrected chi connectivity index (χ2v) is 7.05. The van der Waals surface area contributed by atoms with Crippen LogP contribution in [0, 0.1) is 11.3 Å². The number of para-hydroxylation sites is 1. The Balaban J connectivity index is 1.76. The molecule has 1 heterocycles. The van der Waals surface area contributed by atoms with Gasteiger partial charge in [-0.3, -0.25) is 4.98 Å². The van der Waals surface area contributed by atoms with Crippen LogP contribution < -0.4 is 5.32 Å². The molecule has 2 atom stereocenters. The molecule has 3 rings (SSSR count). The summed E-state index contributed by atoms with van der Waals surface area (Å²) in [6, 6.07) is 11.1. The molecule has 0 spiro atoms. The minimum Gasteiger partial charge on any atom is -0.381 e. The molecule has 1 aliphatic carbocycles. The van der Waals surface area contributed by atoms with E-state index in [9.17, 15) is 0 Å². The molecular weight excluding hydrogens is 244 g/mol. The third-order valence-electron chi connectivity index (χ3n) is 4.64. The van der Waals surface area contributed by atoms with Crippen LogP contribution in [0.1, 0.15) is 40.0 Å². The summed E-state index contributed by atoms with van der Waals surface area (Å²) in [6.07, 6.45) is 5.82. The molecule has 2 heteroatoms. The average molecular weight is 268 g/mol. The molecule has 1 N–H and O–H groups in total. The number of rotatable bonds is 2. The highest BCUT2D eigenvalue weighted by Crippen LogP contribution is 2.39. The first-order valence-corrected chi connectivity index (χ1v) is 7.65. The fourth-order valence-electron chi connectivity index (χ4n) is 3.53. The molecule has 1 aromatic carbocycles. The Morgan fingerprint density at radius 1 is 1.25 bits per heavy atom. The quantitative estimate of drug-likeness (QED) is 0.841. The normalized spacial score (nSPS) is 25.6. The summed E-state index contributed by atoms with van der Waals surface area (Å²) >= 11 is 0. The standard InChI is InChI=1S/C18H24N2/c1-13-11-18(2,3)9-8-16(13)20-15-10-14-6-4-5-7-17(14)19-12-15/h4-7,10,12-13,16,20H,8-9,11H2,1-3H3. The highest BCUT2D eigenvalue weighted by molar-refractivity contribution is 5.81. The Kier molecular flexibility index (Phi) is 3.41. The molecule has 1 aliphatic rings. The van der Waals surface area contributed by atoms with Crippen molar-refractivity contribution in [1.29, 1.82) is 0 Å². The van der Waals surface area contributed by atoms with Gasteiger partial charge in [-0.25, -0.2) is 0 Å². The van der Waals surface area contributed by atoms with E-state index in [1.54, 1.807) is 0 Å². The van der Waals surface area contributed by atoms with Crippen LogP contribution >= 0.6 is 0 Å². The lowest BCUT2D eigenvalue weighted by atomic mass is 9.70. The maximum atomic E-state index is 4.54. The van der Waals surface area contributed by atoms with E-state index < -0.39 is 0 Å². The van der Waals surface area contributed by atoms with Crippen LogP contribution in [-0.2, 0) is 0 Å². The van der Waals surface area contributed by atoms with E-state index in [-0.39, 0.29) is 0 Å². The van der Waals surface area contributed by atoms with Crippen molar-refractivity contribution >= 4 is 16.6 Å². The van der Waals surface area contributed by atoms with Gasteiger partial charge in [0.2, 0.25) is 0 Å². The Hall–Kier alpha value is -1.57. The van der Waals surface area contributed by atoms with E-state index >= 15 is 0 Å². The Bertz CT molecular complexity index is 603. The molecule has 0 radical (unpaired) electrons.